The Morgan fingerprint density at radius 1 is 0.886 bits per heavy atom. The summed E-state index contributed by atoms with van der Waals surface area (Å²) in [5, 5.41) is 18.2. The second kappa shape index (κ2) is 7.07. The van der Waals surface area contributed by atoms with Gasteiger partial charge in [-0.2, -0.15) is 0 Å². The molecule has 0 aliphatic carbocycles. The fourth-order valence-electron chi connectivity index (χ4n) is 5.20. The van der Waals surface area contributed by atoms with E-state index in [4.69, 9.17) is 13.9 Å². The molecule has 0 radical (unpaired) electrons. The van der Waals surface area contributed by atoms with Gasteiger partial charge in [0.1, 0.15) is 5.58 Å². The molecule has 0 saturated carbocycles. The standard InChI is InChI=1S/C27H16N2O6/c30-27-25-24(17-11-21-22(34-13-33-21)12-19(17)29(31)32)23-15-6-2-1-5-14(15)9-10-18(23)28-26(25)16-7-3-4-8-20(16)35-27/h1-12,24,28H,13H2. The summed E-state index contributed by atoms with van der Waals surface area (Å²) in [6.45, 7) is -0.0228. The van der Waals surface area contributed by atoms with Gasteiger partial charge in [-0.05, 0) is 40.6 Å². The van der Waals surface area contributed by atoms with Gasteiger partial charge in [0, 0.05) is 16.6 Å². The monoisotopic (exact) mass is 464 g/mol. The van der Waals surface area contributed by atoms with Gasteiger partial charge in [-0.3, -0.25) is 10.1 Å². The first-order chi connectivity index (χ1) is 17.1. The van der Waals surface area contributed by atoms with Crippen molar-refractivity contribution >= 4 is 38.8 Å². The molecule has 0 bridgehead atoms. The van der Waals surface area contributed by atoms with Gasteiger partial charge in [0.15, 0.2) is 11.5 Å². The van der Waals surface area contributed by atoms with Crippen LogP contribution in [-0.4, -0.2) is 11.7 Å². The van der Waals surface area contributed by atoms with Gasteiger partial charge in [0.05, 0.1) is 28.2 Å². The van der Waals surface area contributed by atoms with Gasteiger partial charge >= 0.3 is 5.63 Å². The lowest BCUT2D eigenvalue weighted by Gasteiger charge is -2.30. The van der Waals surface area contributed by atoms with Crippen LogP contribution in [0.2, 0.25) is 0 Å². The van der Waals surface area contributed by atoms with Crippen molar-refractivity contribution in [3.63, 3.8) is 0 Å². The molecule has 35 heavy (non-hydrogen) atoms. The van der Waals surface area contributed by atoms with Crippen molar-refractivity contribution in [3.8, 4) is 11.5 Å². The summed E-state index contributed by atoms with van der Waals surface area (Å²) in [4.78, 5) is 25.3. The lowest BCUT2D eigenvalue weighted by atomic mass is 9.78. The first-order valence-electron chi connectivity index (χ1n) is 11.0. The molecule has 0 spiro atoms. The molecule has 2 aliphatic rings. The Morgan fingerprint density at radius 3 is 2.46 bits per heavy atom. The summed E-state index contributed by atoms with van der Waals surface area (Å²) >= 11 is 0. The molecular formula is C27H16N2O6. The third kappa shape index (κ3) is 2.77. The van der Waals surface area contributed by atoms with Crippen LogP contribution in [0.15, 0.2) is 82.0 Å². The van der Waals surface area contributed by atoms with Gasteiger partial charge in [-0.1, -0.05) is 42.5 Å². The predicted octanol–water partition coefficient (Wildman–Crippen LogP) is 5.82. The molecule has 1 aromatic heterocycles. The average molecular weight is 464 g/mol. The molecule has 3 heterocycles. The lowest BCUT2D eigenvalue weighted by Crippen LogP contribution is -2.23. The van der Waals surface area contributed by atoms with Crippen LogP contribution in [0.1, 0.15) is 22.6 Å². The largest absolute Gasteiger partial charge is 0.454 e. The molecule has 1 atom stereocenters. The number of ether oxygens (including phenoxy) is 2. The van der Waals surface area contributed by atoms with Crippen LogP contribution >= 0.6 is 0 Å². The molecule has 2 aliphatic heterocycles. The zero-order valence-corrected chi connectivity index (χ0v) is 18.1. The minimum atomic E-state index is -0.775. The Kier molecular flexibility index (Phi) is 3.96. The predicted molar refractivity (Wildman–Crippen MR) is 130 cm³/mol. The van der Waals surface area contributed by atoms with E-state index < -0.39 is 16.5 Å². The SMILES string of the molecule is O=c1oc2ccccc2c2c1C(c1cc3c(cc1[N+](=O)[O-])OCO3)c1c(ccc3ccccc13)N2. The third-order valence-electron chi connectivity index (χ3n) is 6.69. The van der Waals surface area contributed by atoms with Crippen LogP contribution in [0.5, 0.6) is 11.5 Å². The van der Waals surface area contributed by atoms with E-state index in [2.05, 4.69) is 5.32 Å². The van der Waals surface area contributed by atoms with E-state index in [1.54, 1.807) is 18.2 Å². The van der Waals surface area contributed by atoms with E-state index in [1.165, 1.54) is 6.07 Å². The van der Waals surface area contributed by atoms with E-state index in [-0.39, 0.29) is 12.5 Å². The van der Waals surface area contributed by atoms with Gasteiger partial charge in [-0.25, -0.2) is 4.79 Å². The first-order valence-corrected chi connectivity index (χ1v) is 11.0. The zero-order chi connectivity index (χ0) is 23.7. The highest BCUT2D eigenvalue weighted by Crippen LogP contribution is 2.52. The Hall–Kier alpha value is -4.85. The van der Waals surface area contributed by atoms with Crippen molar-refractivity contribution in [2.24, 2.45) is 0 Å². The highest BCUT2D eigenvalue weighted by molar-refractivity contribution is 6.01. The second-order valence-electron chi connectivity index (χ2n) is 8.50. The number of para-hydroxylation sites is 1. The van der Waals surface area contributed by atoms with Crippen molar-refractivity contribution in [1.82, 2.24) is 0 Å². The zero-order valence-electron chi connectivity index (χ0n) is 18.1. The summed E-state index contributed by atoms with van der Waals surface area (Å²) in [5.41, 5.74) is 2.49. The summed E-state index contributed by atoms with van der Waals surface area (Å²) in [5.74, 6) is -0.0703. The molecule has 170 valence electrons. The smallest absolute Gasteiger partial charge is 0.342 e. The molecule has 8 nitrogen and oxygen atoms in total. The number of nitrogens with zero attached hydrogens (tertiary/aromatic N) is 1. The Morgan fingerprint density at radius 2 is 1.63 bits per heavy atom. The van der Waals surface area contributed by atoms with E-state index >= 15 is 0 Å². The number of nitro groups is 1. The number of rotatable bonds is 2. The van der Waals surface area contributed by atoms with E-state index in [9.17, 15) is 14.9 Å². The highest BCUT2D eigenvalue weighted by atomic mass is 16.7. The fourth-order valence-corrected chi connectivity index (χ4v) is 5.20. The maximum Gasteiger partial charge on any atom is 0.342 e. The quantitative estimate of drug-likeness (QED) is 0.196. The highest BCUT2D eigenvalue weighted by Gasteiger charge is 2.38. The topological polar surface area (TPSA) is 104 Å². The van der Waals surface area contributed by atoms with Crippen molar-refractivity contribution in [1.29, 1.82) is 0 Å². The van der Waals surface area contributed by atoms with Crippen molar-refractivity contribution in [3.05, 3.63) is 110 Å². The van der Waals surface area contributed by atoms with E-state index in [0.717, 1.165) is 22.0 Å². The molecular weight excluding hydrogens is 448 g/mol. The van der Waals surface area contributed by atoms with Crippen molar-refractivity contribution in [2.45, 2.75) is 5.92 Å². The molecule has 1 unspecified atom stereocenters. The molecule has 0 amide bonds. The summed E-state index contributed by atoms with van der Waals surface area (Å²) < 4.78 is 16.7. The lowest BCUT2D eigenvalue weighted by molar-refractivity contribution is -0.385. The van der Waals surface area contributed by atoms with E-state index in [0.29, 0.717) is 39.3 Å². The molecule has 7 rings (SSSR count). The Bertz CT molecular complexity index is 1770. The van der Waals surface area contributed by atoms with Crippen LogP contribution in [0.3, 0.4) is 0 Å². The number of hydrogen-bond acceptors (Lipinski definition) is 7. The van der Waals surface area contributed by atoms with Crippen LogP contribution < -0.4 is 20.4 Å². The maximum atomic E-state index is 13.5. The van der Waals surface area contributed by atoms with Gasteiger partial charge < -0.3 is 19.2 Å². The molecule has 5 aromatic rings. The summed E-state index contributed by atoms with van der Waals surface area (Å²) in [6.07, 6.45) is 0. The van der Waals surface area contributed by atoms with Crippen LogP contribution in [0.25, 0.3) is 21.7 Å². The van der Waals surface area contributed by atoms with E-state index in [1.807, 2.05) is 48.5 Å². The summed E-state index contributed by atoms with van der Waals surface area (Å²) in [7, 11) is 0. The molecule has 8 heteroatoms. The average Bonchev–Trinajstić information content (AvgIpc) is 3.34. The van der Waals surface area contributed by atoms with Gasteiger partial charge in [-0.15, -0.1) is 0 Å². The molecule has 4 aromatic carbocycles. The number of hydrogen-bond donors (Lipinski definition) is 1. The van der Waals surface area contributed by atoms with Crippen molar-refractivity contribution in [2.75, 3.05) is 12.1 Å². The number of anilines is 2. The minimum absolute atomic E-state index is 0.0228. The van der Waals surface area contributed by atoms with Crippen LogP contribution in [-0.2, 0) is 0 Å². The Labute approximate surface area is 197 Å². The molecule has 1 N–H and O–H groups in total. The normalized spacial score (nSPS) is 15.5. The van der Waals surface area contributed by atoms with Crippen LogP contribution in [0, 0.1) is 10.1 Å². The number of nitro benzene ring substituents is 1. The number of fused-ring (bicyclic) bond motifs is 7. The maximum absolute atomic E-state index is 13.5. The van der Waals surface area contributed by atoms with Gasteiger partial charge in [0.25, 0.3) is 5.69 Å². The number of nitrogens with one attached hydrogen (secondary N) is 1. The second-order valence-corrected chi connectivity index (χ2v) is 8.50. The van der Waals surface area contributed by atoms with Crippen LogP contribution in [0.4, 0.5) is 17.1 Å². The Balaban J connectivity index is 1.65. The first kappa shape index (κ1) is 19.6. The summed E-state index contributed by atoms with van der Waals surface area (Å²) in [6, 6.07) is 21.9. The minimum Gasteiger partial charge on any atom is -0.454 e. The van der Waals surface area contributed by atoms with Crippen molar-refractivity contribution < 1.29 is 18.8 Å². The van der Waals surface area contributed by atoms with Gasteiger partial charge in [0.2, 0.25) is 6.79 Å². The molecule has 0 saturated heterocycles. The molecule has 0 fully saturated rings. The number of benzene rings is 4. The third-order valence-corrected chi connectivity index (χ3v) is 6.69. The fraction of sp³-hybridized carbons (Fsp3) is 0.0741.